The molecule has 59 heavy (non-hydrogen) atoms. The molecule has 1 aliphatic rings. The molecular weight excluding hydrogens is 882 g/mol. The van der Waals surface area contributed by atoms with Crippen molar-refractivity contribution in [2.45, 2.75) is 157 Å². The first-order chi connectivity index (χ1) is 26.1. The van der Waals surface area contributed by atoms with Gasteiger partial charge in [0.2, 0.25) is 0 Å². The van der Waals surface area contributed by atoms with Crippen LogP contribution in [0.4, 0.5) is 0 Å². The van der Waals surface area contributed by atoms with Crippen LogP contribution in [0, 0.1) is 6.07 Å². The van der Waals surface area contributed by atoms with E-state index in [0.29, 0.717) is 5.41 Å². The van der Waals surface area contributed by atoms with E-state index >= 15 is 0 Å². The Labute approximate surface area is 397 Å². The van der Waals surface area contributed by atoms with Crippen LogP contribution in [0.1, 0.15) is 173 Å². The summed E-state index contributed by atoms with van der Waals surface area (Å²) in [5.41, 5.74) is 17.6. The van der Waals surface area contributed by atoms with Crippen LogP contribution >= 0.6 is 23.2 Å². The van der Waals surface area contributed by atoms with Crippen molar-refractivity contribution in [2.24, 2.45) is 0 Å². The van der Waals surface area contributed by atoms with Gasteiger partial charge in [0.1, 0.15) is 0 Å². The van der Waals surface area contributed by atoms with Crippen LogP contribution in [-0.2, 0) is 64.2 Å². The zero-order chi connectivity index (χ0) is 42.9. The standard InChI is InChI=1S/C29H41.C13H8Cl2.C12H19.2ClH.Zr/c1-26(2,3)22-14-18-13-19-15-23(27(4,5)6)25(29(10,11)12)17-21(19)20(18)16-24(22)28(7,8)9;14-12-5-1-10(2-6-12)9-11-3-7-13(15)8-4-11;1-5-6-10-7-8-11(9-10)12(2,3)4;;;/h14,16-17H,13H2,1-12H3;1-8H;7-9H,5-6H2,1-4H3;2*1H;/q-1;;-1;;;+2/p-2. The predicted octanol–water partition coefficient (Wildman–Crippen LogP) is 10.0. The monoisotopic (exact) mass is 946 g/mol. The van der Waals surface area contributed by atoms with Crippen LogP contribution in [0.2, 0.25) is 10.0 Å². The van der Waals surface area contributed by atoms with E-state index in [4.69, 9.17) is 23.2 Å². The molecule has 0 saturated heterocycles. The molecule has 0 bridgehead atoms. The van der Waals surface area contributed by atoms with Crippen LogP contribution in [0.5, 0.6) is 0 Å². The van der Waals surface area contributed by atoms with Gasteiger partial charge in [-0.1, -0.05) is 152 Å². The van der Waals surface area contributed by atoms with E-state index in [1.807, 2.05) is 48.5 Å². The van der Waals surface area contributed by atoms with Crippen molar-refractivity contribution in [3.63, 3.8) is 0 Å². The molecule has 1 aliphatic carbocycles. The Morgan fingerprint density at radius 3 is 1.42 bits per heavy atom. The Hall–Kier alpha value is -1.86. The molecule has 0 saturated carbocycles. The SMILES string of the molecule is CC(C)(C)c1[c-]c2c(cc1C(C)(C)C)-c1cc(C(C)(C)C)c(C(C)(C)C)cc1C2.CCCc1cc(C(C)(C)C)c[cH-]1.Clc1ccc([C](=[Zr+2])c2ccc(Cl)cc2)cc1.[Cl-].[Cl-]. The summed E-state index contributed by atoms with van der Waals surface area (Å²) in [7, 11) is 0. The summed E-state index contributed by atoms with van der Waals surface area (Å²) >= 11 is 13.1. The summed E-state index contributed by atoms with van der Waals surface area (Å²) in [4.78, 5) is 0. The molecule has 0 amide bonds. The fraction of sp³-hybridized carbons (Fsp3) is 0.444. The van der Waals surface area contributed by atoms with E-state index in [-0.39, 0.29) is 46.5 Å². The molecule has 0 fully saturated rings. The van der Waals surface area contributed by atoms with Crippen LogP contribution in [0.3, 0.4) is 0 Å². The molecule has 0 nitrogen and oxygen atoms in total. The molecule has 318 valence electrons. The normalized spacial score (nSPS) is 12.5. The first-order valence-corrected chi connectivity index (χ1v) is 22.7. The van der Waals surface area contributed by atoms with Crippen molar-refractivity contribution < 1.29 is 49.0 Å². The van der Waals surface area contributed by atoms with Crippen LogP contribution in [0.15, 0.2) is 84.9 Å². The third kappa shape index (κ3) is 14.1. The Morgan fingerprint density at radius 2 is 1.03 bits per heavy atom. The number of benzene rings is 4. The zero-order valence-corrected chi connectivity index (χ0v) is 44.2. The van der Waals surface area contributed by atoms with Gasteiger partial charge in [0.05, 0.1) is 0 Å². The van der Waals surface area contributed by atoms with Gasteiger partial charge in [-0.15, -0.1) is 16.7 Å². The first kappa shape index (κ1) is 53.3. The first-order valence-electron chi connectivity index (χ1n) is 20.8. The molecule has 0 unspecified atom stereocenters. The van der Waals surface area contributed by atoms with Crippen molar-refractivity contribution >= 4 is 26.4 Å². The van der Waals surface area contributed by atoms with E-state index in [1.165, 1.54) is 107 Å². The van der Waals surface area contributed by atoms with Crippen LogP contribution in [0.25, 0.3) is 11.1 Å². The molecular formula is C54H68Cl4Zr-2. The average Bonchev–Trinajstić information content (AvgIpc) is 3.71. The second-order valence-electron chi connectivity index (χ2n) is 21.1. The van der Waals surface area contributed by atoms with Gasteiger partial charge >= 0.3 is 120 Å². The van der Waals surface area contributed by atoms with Crippen molar-refractivity contribution in [3.05, 3.63) is 157 Å². The number of aryl methyl sites for hydroxylation is 1. The molecule has 5 heteroatoms. The summed E-state index contributed by atoms with van der Waals surface area (Å²) in [6.07, 6.45) is 3.47. The Balaban J connectivity index is 0.000000337. The minimum absolute atomic E-state index is 0. The van der Waals surface area contributed by atoms with Crippen LogP contribution in [-0.4, -0.2) is 3.21 Å². The molecule has 0 spiro atoms. The number of hydrogen-bond acceptors (Lipinski definition) is 0. The molecule has 0 N–H and O–H groups in total. The molecule has 5 aromatic carbocycles. The van der Waals surface area contributed by atoms with E-state index in [0.717, 1.165) is 16.5 Å². The maximum atomic E-state index is 5.86. The minimum Gasteiger partial charge on any atom is -1.00 e. The largest absolute Gasteiger partial charge is 1.00 e. The average molecular weight is 950 g/mol. The number of rotatable bonds is 4. The van der Waals surface area contributed by atoms with Crippen LogP contribution < -0.4 is 24.8 Å². The smallest absolute Gasteiger partial charge is 1.00 e. The van der Waals surface area contributed by atoms with Gasteiger partial charge in [-0.3, -0.25) is 0 Å². The van der Waals surface area contributed by atoms with E-state index in [2.05, 4.69) is 153 Å². The molecule has 6 rings (SSSR count). The zero-order valence-electron chi connectivity index (χ0n) is 38.7. The summed E-state index contributed by atoms with van der Waals surface area (Å²) < 4.78 is 1.31. The third-order valence-corrected chi connectivity index (χ3v) is 12.6. The van der Waals surface area contributed by atoms with Gasteiger partial charge in [0.15, 0.2) is 0 Å². The molecule has 0 aromatic heterocycles. The third-order valence-electron chi connectivity index (χ3n) is 10.7. The Kier molecular flexibility index (Phi) is 18.6. The molecule has 0 radical (unpaired) electrons. The van der Waals surface area contributed by atoms with Gasteiger partial charge in [-0.2, -0.15) is 41.0 Å². The van der Waals surface area contributed by atoms with E-state index < -0.39 is 0 Å². The van der Waals surface area contributed by atoms with Gasteiger partial charge in [0, 0.05) is 0 Å². The van der Waals surface area contributed by atoms with Crippen molar-refractivity contribution in [2.75, 3.05) is 0 Å². The summed E-state index contributed by atoms with van der Waals surface area (Å²) in [6.45, 7) is 37.0. The second-order valence-corrected chi connectivity index (χ2v) is 23.2. The van der Waals surface area contributed by atoms with E-state index in [1.54, 1.807) is 0 Å². The summed E-state index contributed by atoms with van der Waals surface area (Å²) in [6, 6.07) is 34.1. The van der Waals surface area contributed by atoms with Gasteiger partial charge in [-0.25, -0.2) is 6.07 Å². The fourth-order valence-corrected chi connectivity index (χ4v) is 8.50. The minimum atomic E-state index is 0. The van der Waals surface area contributed by atoms with Crippen molar-refractivity contribution in [1.82, 2.24) is 0 Å². The van der Waals surface area contributed by atoms with Gasteiger partial charge < -0.3 is 24.8 Å². The number of fused-ring (bicyclic) bond motifs is 3. The predicted molar refractivity (Wildman–Crippen MR) is 249 cm³/mol. The van der Waals surface area contributed by atoms with Gasteiger partial charge in [-0.05, 0) is 39.4 Å². The van der Waals surface area contributed by atoms with Crippen molar-refractivity contribution in [3.8, 4) is 11.1 Å². The molecule has 0 heterocycles. The summed E-state index contributed by atoms with van der Waals surface area (Å²) in [5.74, 6) is 0. The molecule has 5 aromatic rings. The maximum absolute atomic E-state index is 5.86. The molecule has 0 atom stereocenters. The number of halogens is 4. The fourth-order valence-electron chi connectivity index (χ4n) is 7.43. The number of hydrogen-bond donors (Lipinski definition) is 0. The Bertz CT molecular complexity index is 2020. The Morgan fingerprint density at radius 1 is 0.593 bits per heavy atom. The summed E-state index contributed by atoms with van der Waals surface area (Å²) in [5, 5.41) is 1.53. The topological polar surface area (TPSA) is 0 Å². The van der Waals surface area contributed by atoms with E-state index in [9.17, 15) is 0 Å². The van der Waals surface area contributed by atoms with Gasteiger partial charge in [0.25, 0.3) is 0 Å². The van der Waals surface area contributed by atoms with Crippen molar-refractivity contribution in [1.29, 1.82) is 0 Å². The quantitative estimate of drug-likeness (QED) is 0.155. The second kappa shape index (κ2) is 20.6. The molecule has 0 aliphatic heterocycles. The maximum Gasteiger partial charge on any atom is -1.00 e.